The minimum atomic E-state index is -0.409. The van der Waals surface area contributed by atoms with Crippen LogP contribution in [-0.2, 0) is 39.8 Å². The SMILES string of the molecule is Cc1cc(N(CCOCCOCCOCCOCCOC(=O)CCC=O)Cc2ccccc2)ccc1N=Nc1sc(C#N)c(C)c1C#N. The first kappa shape index (κ1) is 38.0. The van der Waals surface area contributed by atoms with Crippen molar-refractivity contribution in [1.82, 2.24) is 0 Å². The smallest absolute Gasteiger partial charge is 0.306 e. The molecule has 0 atom stereocenters. The summed E-state index contributed by atoms with van der Waals surface area (Å²) in [6, 6.07) is 20.4. The Labute approximate surface area is 285 Å². The minimum absolute atomic E-state index is 0.0883. The van der Waals surface area contributed by atoms with Crippen LogP contribution in [0.4, 0.5) is 16.4 Å². The molecular formula is C35H41N5O7S. The number of nitrogens with zero attached hydrogens (tertiary/aromatic N) is 5. The molecule has 1 aromatic heterocycles. The summed E-state index contributed by atoms with van der Waals surface area (Å²) < 4.78 is 27.2. The lowest BCUT2D eigenvalue weighted by atomic mass is 10.1. The highest BCUT2D eigenvalue weighted by Gasteiger charge is 2.15. The van der Waals surface area contributed by atoms with Crippen molar-refractivity contribution in [3.05, 3.63) is 75.7 Å². The van der Waals surface area contributed by atoms with Crippen LogP contribution < -0.4 is 4.90 Å². The van der Waals surface area contributed by atoms with Gasteiger partial charge >= 0.3 is 5.97 Å². The van der Waals surface area contributed by atoms with Gasteiger partial charge in [-0.3, -0.25) is 4.79 Å². The van der Waals surface area contributed by atoms with Crippen LogP contribution in [0.2, 0.25) is 0 Å². The van der Waals surface area contributed by atoms with E-state index < -0.39 is 5.97 Å². The molecule has 2 aromatic carbocycles. The third-order valence-electron chi connectivity index (χ3n) is 6.93. The molecule has 0 saturated carbocycles. The predicted molar refractivity (Wildman–Crippen MR) is 181 cm³/mol. The molecule has 0 spiro atoms. The average molecular weight is 676 g/mol. The molecule has 3 aromatic rings. The highest BCUT2D eigenvalue weighted by atomic mass is 32.1. The van der Waals surface area contributed by atoms with Crippen LogP contribution >= 0.6 is 11.3 Å². The van der Waals surface area contributed by atoms with E-state index in [2.05, 4.69) is 45.5 Å². The normalized spacial score (nSPS) is 10.9. The standard InChI is InChI=1S/C35H41N5O7S/c1-27-23-30(10-11-32(27)38-39-35-31(24-36)28(2)33(25-37)48-35)40(26-29-7-4-3-5-8-29)12-14-43-15-16-44-17-18-45-19-20-46-21-22-47-34(42)9-6-13-41/h3-5,7-8,10-11,13,23H,6,9,12,14-22,26H2,1-2H3. The monoisotopic (exact) mass is 675 g/mol. The molecule has 0 aliphatic rings. The lowest BCUT2D eigenvalue weighted by Crippen LogP contribution is -2.27. The number of aldehydes is 1. The maximum absolute atomic E-state index is 11.3. The zero-order valence-corrected chi connectivity index (χ0v) is 28.2. The van der Waals surface area contributed by atoms with Gasteiger partial charge in [-0.1, -0.05) is 30.3 Å². The zero-order valence-electron chi connectivity index (χ0n) is 27.4. The van der Waals surface area contributed by atoms with E-state index in [0.717, 1.165) is 11.3 Å². The first-order valence-electron chi connectivity index (χ1n) is 15.6. The van der Waals surface area contributed by atoms with Crippen molar-refractivity contribution in [2.75, 3.05) is 70.9 Å². The van der Waals surface area contributed by atoms with Crippen LogP contribution in [-0.4, -0.2) is 78.3 Å². The Morgan fingerprint density at radius 2 is 1.50 bits per heavy atom. The number of aryl methyl sites for hydroxylation is 1. The van der Waals surface area contributed by atoms with Crippen molar-refractivity contribution >= 4 is 40.0 Å². The van der Waals surface area contributed by atoms with E-state index in [9.17, 15) is 20.1 Å². The van der Waals surface area contributed by atoms with Crippen LogP contribution in [0, 0.1) is 36.5 Å². The van der Waals surface area contributed by atoms with Crippen LogP contribution in [0.1, 0.15) is 40.0 Å². The number of hydrogen-bond donors (Lipinski definition) is 0. The molecule has 0 fully saturated rings. The van der Waals surface area contributed by atoms with Gasteiger partial charge in [-0.05, 0) is 48.7 Å². The number of rotatable bonds is 23. The van der Waals surface area contributed by atoms with Crippen molar-refractivity contribution in [3.8, 4) is 12.1 Å². The van der Waals surface area contributed by atoms with Crippen molar-refractivity contribution in [3.63, 3.8) is 0 Å². The van der Waals surface area contributed by atoms with Gasteiger partial charge in [0.25, 0.3) is 0 Å². The molecule has 0 unspecified atom stereocenters. The molecule has 0 aliphatic carbocycles. The summed E-state index contributed by atoms with van der Waals surface area (Å²) in [7, 11) is 0. The van der Waals surface area contributed by atoms with Gasteiger partial charge in [0.2, 0.25) is 0 Å². The van der Waals surface area contributed by atoms with E-state index in [1.165, 1.54) is 16.9 Å². The Bertz CT molecular complexity index is 1550. The maximum Gasteiger partial charge on any atom is 0.306 e. The lowest BCUT2D eigenvalue weighted by Gasteiger charge is -2.25. The number of azo groups is 1. The summed E-state index contributed by atoms with van der Waals surface area (Å²) in [5, 5.41) is 27.9. The van der Waals surface area contributed by atoms with E-state index >= 15 is 0 Å². The molecule has 1 heterocycles. The van der Waals surface area contributed by atoms with Crippen molar-refractivity contribution in [2.45, 2.75) is 33.2 Å². The topological polar surface area (TPSA) is 156 Å². The molecule has 0 bridgehead atoms. The quantitative estimate of drug-likeness (QED) is 0.0497. The largest absolute Gasteiger partial charge is 0.463 e. The van der Waals surface area contributed by atoms with Crippen LogP contribution in [0.3, 0.4) is 0 Å². The highest BCUT2D eigenvalue weighted by molar-refractivity contribution is 7.16. The van der Waals surface area contributed by atoms with E-state index in [1.54, 1.807) is 6.92 Å². The fraction of sp³-hybridized carbons (Fsp3) is 0.429. The van der Waals surface area contributed by atoms with Gasteiger partial charge in [-0.15, -0.1) is 21.6 Å². The second-order valence-corrected chi connectivity index (χ2v) is 11.4. The third kappa shape index (κ3) is 13.3. The van der Waals surface area contributed by atoms with Gasteiger partial charge in [0.05, 0.1) is 70.5 Å². The summed E-state index contributed by atoms with van der Waals surface area (Å²) >= 11 is 1.17. The Hall–Kier alpha value is -4.50. The van der Waals surface area contributed by atoms with Crippen molar-refractivity contribution < 1.29 is 33.3 Å². The third-order valence-corrected chi connectivity index (χ3v) is 8.01. The number of anilines is 1. The van der Waals surface area contributed by atoms with Crippen molar-refractivity contribution in [2.24, 2.45) is 10.2 Å². The number of nitriles is 2. The summed E-state index contributed by atoms with van der Waals surface area (Å²) in [4.78, 5) is 24.2. The number of ether oxygens (including phenoxy) is 5. The second-order valence-electron chi connectivity index (χ2n) is 10.4. The summed E-state index contributed by atoms with van der Waals surface area (Å²) in [6.07, 6.45) is 0.937. The molecule has 3 rings (SSSR count). The summed E-state index contributed by atoms with van der Waals surface area (Å²) in [5.41, 5.74) is 4.82. The van der Waals surface area contributed by atoms with Gasteiger partial charge < -0.3 is 33.4 Å². The Morgan fingerprint density at radius 1 is 0.854 bits per heavy atom. The Balaban J connectivity index is 1.38. The predicted octanol–water partition coefficient (Wildman–Crippen LogP) is 6.12. The maximum atomic E-state index is 11.3. The first-order valence-corrected chi connectivity index (χ1v) is 16.4. The number of carbonyl (C=O) groups excluding carboxylic acids is 2. The van der Waals surface area contributed by atoms with E-state index in [1.807, 2.05) is 37.3 Å². The number of benzene rings is 2. The molecule has 0 aliphatic heterocycles. The zero-order chi connectivity index (χ0) is 34.4. The molecule has 0 radical (unpaired) electrons. The molecular weight excluding hydrogens is 634 g/mol. The summed E-state index contributed by atoms with van der Waals surface area (Å²) in [5.74, 6) is -0.409. The lowest BCUT2D eigenvalue weighted by molar-refractivity contribution is -0.145. The van der Waals surface area contributed by atoms with Gasteiger partial charge in [-0.2, -0.15) is 10.5 Å². The Morgan fingerprint density at radius 3 is 2.10 bits per heavy atom. The van der Waals surface area contributed by atoms with Crippen LogP contribution in [0.15, 0.2) is 58.8 Å². The van der Waals surface area contributed by atoms with E-state index in [0.29, 0.717) is 92.3 Å². The Kier molecular flexibility index (Phi) is 17.5. The molecule has 254 valence electrons. The second kappa shape index (κ2) is 22.1. The fourth-order valence-electron chi connectivity index (χ4n) is 4.36. The minimum Gasteiger partial charge on any atom is -0.463 e. The molecule has 48 heavy (non-hydrogen) atoms. The number of carbonyl (C=O) groups is 2. The molecule has 0 amide bonds. The fourth-order valence-corrected chi connectivity index (χ4v) is 5.23. The average Bonchev–Trinajstić information content (AvgIpc) is 3.42. The van der Waals surface area contributed by atoms with Crippen molar-refractivity contribution in [1.29, 1.82) is 10.5 Å². The number of thiophene rings is 1. The molecule has 0 N–H and O–H groups in total. The number of esters is 1. The van der Waals surface area contributed by atoms with Gasteiger partial charge in [0, 0.05) is 25.2 Å². The van der Waals surface area contributed by atoms with Gasteiger partial charge in [0.1, 0.15) is 29.9 Å². The van der Waals surface area contributed by atoms with E-state index in [-0.39, 0.29) is 26.1 Å². The molecule has 12 nitrogen and oxygen atoms in total. The summed E-state index contributed by atoms with van der Waals surface area (Å²) in [6.45, 7) is 8.54. The molecule has 0 saturated heterocycles. The highest BCUT2D eigenvalue weighted by Crippen LogP contribution is 2.36. The van der Waals surface area contributed by atoms with E-state index in [4.69, 9.17) is 23.7 Å². The number of hydrogen-bond acceptors (Lipinski definition) is 13. The van der Waals surface area contributed by atoms with Crippen LogP contribution in [0.5, 0.6) is 0 Å². The van der Waals surface area contributed by atoms with Gasteiger partial charge in [0.15, 0.2) is 5.00 Å². The van der Waals surface area contributed by atoms with Crippen LogP contribution in [0.25, 0.3) is 0 Å². The molecule has 13 heteroatoms. The van der Waals surface area contributed by atoms with Gasteiger partial charge in [-0.25, -0.2) is 0 Å². The first-order chi connectivity index (χ1) is 23.5.